The predicted octanol–water partition coefficient (Wildman–Crippen LogP) is 4.86. The first kappa shape index (κ1) is 28.1. The Morgan fingerprint density at radius 1 is 1.10 bits per heavy atom. The van der Waals surface area contributed by atoms with Gasteiger partial charge in [0.05, 0.1) is 12.2 Å². The zero-order chi connectivity index (χ0) is 20.9. The molecule has 1 aromatic rings. The van der Waals surface area contributed by atoms with E-state index in [4.69, 9.17) is 4.74 Å². The van der Waals surface area contributed by atoms with Crippen LogP contribution in [0, 0.1) is 0 Å². The van der Waals surface area contributed by atoms with Gasteiger partial charge < -0.3 is 19.9 Å². The maximum atomic E-state index is 12.9. The van der Waals surface area contributed by atoms with Crippen LogP contribution in [0.25, 0.3) is 0 Å². The van der Waals surface area contributed by atoms with Crippen LogP contribution in [0.15, 0.2) is 18.2 Å². The molecule has 10 heteroatoms. The average Bonchev–Trinajstić information content (AvgIpc) is 2.68. The summed E-state index contributed by atoms with van der Waals surface area (Å²) < 4.78 is 48.4. The van der Waals surface area contributed by atoms with Crippen LogP contribution in [0.1, 0.15) is 57.1 Å². The molecule has 5 nitrogen and oxygen atoms in total. The van der Waals surface area contributed by atoms with E-state index in [9.17, 15) is 18.3 Å². The van der Waals surface area contributed by atoms with Crippen LogP contribution in [-0.2, 0) is 0 Å². The number of alkyl halides is 3. The Bertz CT molecular complexity index is 668. The van der Waals surface area contributed by atoms with E-state index in [1.165, 1.54) is 6.07 Å². The molecule has 1 aliphatic carbocycles. The summed E-state index contributed by atoms with van der Waals surface area (Å²) in [5.41, 5.74) is -0.0640. The Balaban J connectivity index is 0.00000240. The number of nitrogens with one attached hydrogen (secondary N) is 1. The SMILES string of the molecule is CCOc1ccc(C(CC2(O)CCCCC2)N2CCNCC2)cc1OC(F)(F)F.Cl.Cl. The predicted molar refractivity (Wildman–Crippen MR) is 119 cm³/mol. The molecule has 31 heavy (non-hydrogen) atoms. The minimum Gasteiger partial charge on any atom is -0.490 e. The van der Waals surface area contributed by atoms with Crippen LogP contribution in [0.4, 0.5) is 13.2 Å². The summed E-state index contributed by atoms with van der Waals surface area (Å²) in [7, 11) is 0. The molecule has 3 rings (SSSR count). The Morgan fingerprint density at radius 3 is 2.32 bits per heavy atom. The van der Waals surface area contributed by atoms with Gasteiger partial charge in [0.25, 0.3) is 0 Å². The van der Waals surface area contributed by atoms with Gasteiger partial charge in [-0.1, -0.05) is 25.3 Å². The number of benzene rings is 1. The second-order valence-electron chi connectivity index (χ2n) is 7.98. The molecule has 0 amide bonds. The van der Waals surface area contributed by atoms with Crippen molar-refractivity contribution >= 4 is 24.8 Å². The van der Waals surface area contributed by atoms with E-state index in [1.807, 2.05) is 0 Å². The first-order valence-corrected chi connectivity index (χ1v) is 10.5. The Morgan fingerprint density at radius 2 is 1.74 bits per heavy atom. The third-order valence-corrected chi connectivity index (χ3v) is 5.83. The second kappa shape index (κ2) is 12.3. The quantitative estimate of drug-likeness (QED) is 0.573. The van der Waals surface area contributed by atoms with Gasteiger partial charge in [-0.25, -0.2) is 0 Å². The van der Waals surface area contributed by atoms with Gasteiger partial charge in [0.2, 0.25) is 0 Å². The number of ether oxygens (including phenoxy) is 2. The average molecular weight is 489 g/mol. The van der Waals surface area contributed by atoms with Crippen molar-refractivity contribution in [2.45, 2.75) is 63.5 Å². The summed E-state index contributed by atoms with van der Waals surface area (Å²) in [5, 5.41) is 14.5. The lowest BCUT2D eigenvalue weighted by Crippen LogP contribution is -2.47. The van der Waals surface area contributed by atoms with Crippen LogP contribution in [0.3, 0.4) is 0 Å². The van der Waals surface area contributed by atoms with Crippen LogP contribution in [0.5, 0.6) is 11.5 Å². The molecule has 0 bridgehead atoms. The maximum absolute atomic E-state index is 12.9. The van der Waals surface area contributed by atoms with E-state index < -0.39 is 12.0 Å². The molecule has 1 saturated carbocycles. The van der Waals surface area contributed by atoms with Crippen LogP contribution >= 0.6 is 24.8 Å². The van der Waals surface area contributed by atoms with Crippen molar-refractivity contribution in [3.8, 4) is 11.5 Å². The maximum Gasteiger partial charge on any atom is 0.573 e. The second-order valence-corrected chi connectivity index (χ2v) is 7.98. The molecule has 1 aliphatic heterocycles. The van der Waals surface area contributed by atoms with Gasteiger partial charge in [0.15, 0.2) is 11.5 Å². The van der Waals surface area contributed by atoms with Crippen molar-refractivity contribution in [1.82, 2.24) is 10.2 Å². The third kappa shape index (κ3) is 8.17. The fourth-order valence-corrected chi connectivity index (χ4v) is 4.44. The highest BCUT2D eigenvalue weighted by Gasteiger charge is 2.37. The van der Waals surface area contributed by atoms with E-state index in [2.05, 4.69) is 15.0 Å². The zero-order valence-electron chi connectivity index (χ0n) is 17.7. The van der Waals surface area contributed by atoms with Gasteiger partial charge in [0.1, 0.15) is 0 Å². The zero-order valence-corrected chi connectivity index (χ0v) is 19.4. The van der Waals surface area contributed by atoms with E-state index in [0.717, 1.165) is 58.3 Å². The molecule has 180 valence electrons. The van der Waals surface area contributed by atoms with Gasteiger partial charge in [0, 0.05) is 32.2 Å². The van der Waals surface area contributed by atoms with Gasteiger partial charge in [-0.3, -0.25) is 4.90 Å². The summed E-state index contributed by atoms with van der Waals surface area (Å²) in [6, 6.07) is 4.59. The van der Waals surface area contributed by atoms with E-state index in [-0.39, 0.29) is 49.0 Å². The van der Waals surface area contributed by atoms with Crippen molar-refractivity contribution in [3.05, 3.63) is 23.8 Å². The van der Waals surface area contributed by atoms with Gasteiger partial charge >= 0.3 is 6.36 Å². The topological polar surface area (TPSA) is 54.0 Å². The minimum absolute atomic E-state index is 0. The summed E-state index contributed by atoms with van der Waals surface area (Å²) >= 11 is 0. The largest absolute Gasteiger partial charge is 0.573 e. The summed E-state index contributed by atoms with van der Waals surface area (Å²) in [6.07, 6.45) is 0.264. The smallest absolute Gasteiger partial charge is 0.490 e. The highest BCUT2D eigenvalue weighted by Crippen LogP contribution is 2.41. The normalized spacial score (nSPS) is 20.2. The molecule has 0 aromatic heterocycles. The van der Waals surface area contributed by atoms with Gasteiger partial charge in [-0.2, -0.15) is 0 Å². The van der Waals surface area contributed by atoms with Crippen LogP contribution in [-0.4, -0.2) is 54.8 Å². The third-order valence-electron chi connectivity index (χ3n) is 5.83. The molecule has 1 saturated heterocycles. The van der Waals surface area contributed by atoms with Crippen molar-refractivity contribution in [1.29, 1.82) is 0 Å². The molecule has 1 aromatic carbocycles. The van der Waals surface area contributed by atoms with Gasteiger partial charge in [-0.05, 0) is 43.9 Å². The number of hydrogen-bond donors (Lipinski definition) is 2. The first-order valence-electron chi connectivity index (χ1n) is 10.5. The van der Waals surface area contributed by atoms with Crippen LogP contribution in [0.2, 0.25) is 0 Å². The summed E-state index contributed by atoms with van der Waals surface area (Å²) in [5.74, 6) is -0.253. The van der Waals surface area contributed by atoms with Crippen molar-refractivity contribution < 1.29 is 27.8 Å². The highest BCUT2D eigenvalue weighted by atomic mass is 35.5. The first-order chi connectivity index (χ1) is 13.8. The molecular formula is C21H33Cl2F3N2O3. The van der Waals surface area contributed by atoms with Crippen molar-refractivity contribution in [2.75, 3.05) is 32.8 Å². The lowest BCUT2D eigenvalue weighted by atomic mass is 9.78. The van der Waals surface area contributed by atoms with Crippen molar-refractivity contribution in [2.24, 2.45) is 0 Å². The number of nitrogens with zero attached hydrogens (tertiary/aromatic N) is 1. The Hall–Kier alpha value is -0.930. The molecule has 0 radical (unpaired) electrons. The summed E-state index contributed by atoms with van der Waals surface area (Å²) in [6.45, 7) is 5.16. The summed E-state index contributed by atoms with van der Waals surface area (Å²) in [4.78, 5) is 2.25. The monoisotopic (exact) mass is 488 g/mol. The van der Waals surface area contributed by atoms with Crippen LogP contribution < -0.4 is 14.8 Å². The Labute approximate surface area is 194 Å². The van der Waals surface area contributed by atoms with E-state index in [0.29, 0.717) is 12.0 Å². The number of rotatable bonds is 7. The minimum atomic E-state index is -4.80. The van der Waals surface area contributed by atoms with E-state index in [1.54, 1.807) is 19.1 Å². The van der Waals surface area contributed by atoms with Crippen molar-refractivity contribution in [3.63, 3.8) is 0 Å². The highest BCUT2D eigenvalue weighted by molar-refractivity contribution is 5.85. The fourth-order valence-electron chi connectivity index (χ4n) is 4.44. The molecule has 2 aliphatic rings. The number of halogens is 5. The Kier molecular flexibility index (Phi) is 11.2. The van der Waals surface area contributed by atoms with Gasteiger partial charge in [-0.15, -0.1) is 38.0 Å². The molecule has 1 atom stereocenters. The standard InChI is InChI=1S/C21H31F3N2O3.2ClH/c1-2-28-18-7-6-16(14-19(18)29-21(22,23)24)17(26-12-10-25-11-13-26)15-20(27)8-4-3-5-9-20;;/h6-7,14,17,25,27H,2-5,8-13,15H2,1H3;2*1H. The molecule has 1 unspecified atom stereocenters. The lowest BCUT2D eigenvalue weighted by Gasteiger charge is -2.41. The molecule has 2 N–H and O–H groups in total. The molecule has 1 heterocycles. The molecule has 2 fully saturated rings. The lowest BCUT2D eigenvalue weighted by molar-refractivity contribution is -0.275. The number of hydrogen-bond acceptors (Lipinski definition) is 5. The number of aliphatic hydroxyl groups is 1. The molecular weight excluding hydrogens is 456 g/mol. The number of piperazine rings is 1. The van der Waals surface area contributed by atoms with E-state index >= 15 is 0 Å². The molecule has 0 spiro atoms. The fraction of sp³-hybridized carbons (Fsp3) is 0.714.